The fourth-order valence-corrected chi connectivity index (χ4v) is 2.37. The van der Waals surface area contributed by atoms with Crippen molar-refractivity contribution in [1.29, 1.82) is 0 Å². The van der Waals surface area contributed by atoms with Crippen LogP contribution >= 0.6 is 0 Å². The minimum atomic E-state index is -0.495. The molecule has 1 amide bonds. The zero-order valence-corrected chi connectivity index (χ0v) is 13.1. The van der Waals surface area contributed by atoms with Crippen molar-refractivity contribution in [2.24, 2.45) is 0 Å². The number of hydrogen-bond acceptors (Lipinski definition) is 4. The Kier molecular flexibility index (Phi) is 4.90. The number of benzene rings is 1. The number of aromatic hydroxyl groups is 1. The van der Waals surface area contributed by atoms with Crippen molar-refractivity contribution >= 4 is 6.09 Å². The Labute approximate surface area is 129 Å². The van der Waals surface area contributed by atoms with Gasteiger partial charge in [0.15, 0.2) is 0 Å². The Bertz CT molecular complexity index is 516. The lowest BCUT2D eigenvalue weighted by Gasteiger charge is -2.36. The van der Waals surface area contributed by atoms with Crippen molar-refractivity contribution in [1.82, 2.24) is 10.6 Å². The SMILES string of the molecule is CC(C)(C)OC(=O)NC1CC(NCc2cc(O)cc(F)c2)C1. The third kappa shape index (κ3) is 5.18. The Morgan fingerprint density at radius 2 is 2.00 bits per heavy atom. The zero-order valence-electron chi connectivity index (χ0n) is 13.1. The van der Waals surface area contributed by atoms with Crippen LogP contribution in [0.4, 0.5) is 9.18 Å². The topological polar surface area (TPSA) is 70.6 Å². The van der Waals surface area contributed by atoms with Gasteiger partial charge in [0.05, 0.1) is 0 Å². The van der Waals surface area contributed by atoms with E-state index in [-0.39, 0.29) is 17.8 Å². The lowest BCUT2D eigenvalue weighted by molar-refractivity contribution is 0.0465. The molecule has 1 aromatic rings. The molecule has 6 heteroatoms. The number of phenolic OH excluding ortho intramolecular Hbond substituents is 1. The van der Waals surface area contributed by atoms with Gasteiger partial charge in [0, 0.05) is 24.7 Å². The van der Waals surface area contributed by atoms with Gasteiger partial charge in [-0.3, -0.25) is 0 Å². The van der Waals surface area contributed by atoms with Gasteiger partial charge in [-0.25, -0.2) is 9.18 Å². The third-order valence-electron chi connectivity index (χ3n) is 3.40. The van der Waals surface area contributed by atoms with Gasteiger partial charge in [0.1, 0.15) is 17.2 Å². The van der Waals surface area contributed by atoms with Crippen LogP contribution in [0.3, 0.4) is 0 Å². The van der Waals surface area contributed by atoms with E-state index < -0.39 is 17.5 Å². The standard InChI is InChI=1S/C16H23FN2O3/c1-16(2,3)22-15(21)19-13-7-12(8-13)18-9-10-4-11(17)6-14(20)5-10/h4-6,12-13,18,20H,7-9H2,1-3H3,(H,19,21). The molecule has 0 saturated heterocycles. The summed E-state index contributed by atoms with van der Waals surface area (Å²) < 4.78 is 18.3. The highest BCUT2D eigenvalue weighted by Gasteiger charge is 2.31. The van der Waals surface area contributed by atoms with E-state index in [2.05, 4.69) is 10.6 Å². The van der Waals surface area contributed by atoms with Crippen LogP contribution in [0.15, 0.2) is 18.2 Å². The van der Waals surface area contributed by atoms with E-state index >= 15 is 0 Å². The molecular weight excluding hydrogens is 287 g/mol. The van der Waals surface area contributed by atoms with E-state index in [0.717, 1.165) is 18.9 Å². The smallest absolute Gasteiger partial charge is 0.407 e. The Morgan fingerprint density at radius 3 is 2.59 bits per heavy atom. The van der Waals surface area contributed by atoms with Crippen molar-refractivity contribution < 1.29 is 19.0 Å². The number of carbonyl (C=O) groups is 1. The first-order chi connectivity index (χ1) is 10.2. The average molecular weight is 310 g/mol. The highest BCUT2D eigenvalue weighted by Crippen LogP contribution is 2.22. The first-order valence-corrected chi connectivity index (χ1v) is 7.42. The summed E-state index contributed by atoms with van der Waals surface area (Å²) >= 11 is 0. The summed E-state index contributed by atoms with van der Waals surface area (Å²) in [5, 5.41) is 15.4. The maximum Gasteiger partial charge on any atom is 0.407 e. The van der Waals surface area contributed by atoms with Crippen LogP contribution < -0.4 is 10.6 Å². The Balaban J connectivity index is 1.68. The number of carbonyl (C=O) groups excluding carboxylic acids is 1. The molecule has 0 spiro atoms. The molecule has 22 heavy (non-hydrogen) atoms. The van der Waals surface area contributed by atoms with Gasteiger partial charge in [-0.2, -0.15) is 0 Å². The summed E-state index contributed by atoms with van der Waals surface area (Å²) in [5.41, 5.74) is 0.200. The lowest BCUT2D eigenvalue weighted by atomic mass is 9.86. The number of ether oxygens (including phenoxy) is 1. The molecule has 0 bridgehead atoms. The normalized spacial score (nSPS) is 21.1. The zero-order chi connectivity index (χ0) is 16.3. The van der Waals surface area contributed by atoms with Gasteiger partial charge in [0.2, 0.25) is 0 Å². The molecule has 0 aliphatic heterocycles. The van der Waals surface area contributed by atoms with E-state index in [4.69, 9.17) is 4.74 Å². The van der Waals surface area contributed by atoms with Crippen LogP contribution in [0, 0.1) is 5.82 Å². The van der Waals surface area contributed by atoms with E-state index in [1.807, 2.05) is 20.8 Å². The van der Waals surface area contributed by atoms with E-state index in [0.29, 0.717) is 12.1 Å². The molecule has 1 aliphatic rings. The quantitative estimate of drug-likeness (QED) is 0.799. The molecule has 0 aromatic heterocycles. The second-order valence-electron chi connectivity index (χ2n) is 6.71. The number of amides is 1. The molecule has 122 valence electrons. The largest absolute Gasteiger partial charge is 0.508 e. The predicted molar refractivity (Wildman–Crippen MR) is 81.1 cm³/mol. The molecule has 1 aliphatic carbocycles. The maximum atomic E-state index is 13.1. The van der Waals surface area contributed by atoms with Crippen molar-refractivity contribution in [2.75, 3.05) is 0 Å². The summed E-state index contributed by atoms with van der Waals surface area (Å²) in [4.78, 5) is 11.6. The van der Waals surface area contributed by atoms with Crippen LogP contribution in [0.1, 0.15) is 39.2 Å². The Hall–Kier alpha value is -1.82. The maximum absolute atomic E-state index is 13.1. The number of phenols is 1. The van der Waals surface area contributed by atoms with E-state index in [1.165, 1.54) is 12.1 Å². The van der Waals surface area contributed by atoms with Crippen molar-refractivity contribution in [2.45, 2.75) is 57.8 Å². The molecule has 5 nitrogen and oxygen atoms in total. The molecule has 1 aromatic carbocycles. The summed E-state index contributed by atoms with van der Waals surface area (Å²) in [5.74, 6) is -0.523. The average Bonchev–Trinajstić information content (AvgIpc) is 2.28. The molecule has 0 radical (unpaired) electrons. The summed E-state index contributed by atoms with van der Waals surface area (Å²) in [6.45, 7) is 5.96. The first kappa shape index (κ1) is 16.5. The monoisotopic (exact) mass is 310 g/mol. The molecule has 1 saturated carbocycles. The molecular formula is C16H23FN2O3. The highest BCUT2D eigenvalue weighted by molar-refractivity contribution is 5.68. The fraction of sp³-hybridized carbons (Fsp3) is 0.562. The van der Waals surface area contributed by atoms with E-state index in [1.54, 1.807) is 0 Å². The van der Waals surface area contributed by atoms with Gasteiger partial charge >= 0.3 is 6.09 Å². The first-order valence-electron chi connectivity index (χ1n) is 7.42. The van der Waals surface area contributed by atoms with Crippen molar-refractivity contribution in [3.63, 3.8) is 0 Å². The molecule has 3 N–H and O–H groups in total. The molecule has 0 atom stereocenters. The van der Waals surface area contributed by atoms with Crippen molar-refractivity contribution in [3.8, 4) is 5.75 Å². The van der Waals surface area contributed by atoms with Crippen LogP contribution in [-0.2, 0) is 11.3 Å². The van der Waals surface area contributed by atoms with Gasteiger partial charge in [-0.05, 0) is 51.3 Å². The second kappa shape index (κ2) is 6.52. The number of nitrogens with one attached hydrogen (secondary N) is 2. The number of alkyl carbamates (subject to hydrolysis) is 1. The summed E-state index contributed by atoms with van der Waals surface area (Å²) in [6.07, 6.45) is 1.21. The van der Waals surface area contributed by atoms with Gasteiger partial charge in [0.25, 0.3) is 0 Å². The van der Waals surface area contributed by atoms with Crippen LogP contribution in [0.2, 0.25) is 0 Å². The van der Waals surface area contributed by atoms with Crippen LogP contribution in [-0.4, -0.2) is 28.9 Å². The Morgan fingerprint density at radius 1 is 1.32 bits per heavy atom. The van der Waals surface area contributed by atoms with Gasteiger partial charge < -0.3 is 20.5 Å². The van der Waals surface area contributed by atoms with Gasteiger partial charge in [-0.15, -0.1) is 0 Å². The van der Waals surface area contributed by atoms with Crippen molar-refractivity contribution in [3.05, 3.63) is 29.6 Å². The molecule has 2 rings (SSSR count). The molecule has 0 unspecified atom stereocenters. The minimum absolute atomic E-state index is 0.0742. The van der Waals surface area contributed by atoms with Crippen LogP contribution in [0.5, 0.6) is 5.75 Å². The predicted octanol–water partition coefficient (Wildman–Crippen LogP) is 2.68. The summed E-state index contributed by atoms with van der Waals surface area (Å²) in [7, 11) is 0. The number of halogens is 1. The second-order valence-corrected chi connectivity index (χ2v) is 6.71. The minimum Gasteiger partial charge on any atom is -0.508 e. The highest BCUT2D eigenvalue weighted by atomic mass is 19.1. The summed E-state index contributed by atoms with van der Waals surface area (Å²) in [6, 6.07) is 4.37. The van der Waals surface area contributed by atoms with Crippen LogP contribution in [0.25, 0.3) is 0 Å². The fourth-order valence-electron chi connectivity index (χ4n) is 2.37. The van der Waals surface area contributed by atoms with Gasteiger partial charge in [-0.1, -0.05) is 0 Å². The molecule has 0 heterocycles. The van der Waals surface area contributed by atoms with E-state index in [9.17, 15) is 14.3 Å². The number of rotatable bonds is 4. The third-order valence-corrected chi connectivity index (χ3v) is 3.40. The molecule has 1 fully saturated rings. The number of hydrogen-bond donors (Lipinski definition) is 3. The lowest BCUT2D eigenvalue weighted by Crippen LogP contribution is -2.52.